The van der Waals surface area contributed by atoms with Crippen molar-refractivity contribution in [3.05, 3.63) is 34.9 Å². The summed E-state index contributed by atoms with van der Waals surface area (Å²) in [5.41, 5.74) is -0.174. The molecular formula is C16H22ClF3N2OS. The quantitative estimate of drug-likeness (QED) is 0.670. The zero-order chi connectivity index (χ0) is 18.0. The van der Waals surface area contributed by atoms with Crippen molar-refractivity contribution in [2.24, 2.45) is 0 Å². The van der Waals surface area contributed by atoms with Gasteiger partial charge in [0.05, 0.1) is 12.2 Å². The summed E-state index contributed by atoms with van der Waals surface area (Å²) in [7, 11) is 0. The van der Waals surface area contributed by atoms with Gasteiger partial charge < -0.3 is 4.74 Å². The van der Waals surface area contributed by atoms with Crippen LogP contribution >= 0.6 is 23.7 Å². The zero-order valence-corrected chi connectivity index (χ0v) is 15.5. The fourth-order valence-corrected chi connectivity index (χ4v) is 4.04. The second-order valence-corrected chi connectivity index (χ2v) is 7.87. The Kier molecular flexibility index (Phi) is 6.47. The number of benzene rings is 1. The SMILES string of the molecule is CCN(SN1CCOC(C)(C)C1)C(c1ccc(Cl)cc1)C(F)(F)F. The number of ether oxygens (including phenoxy) is 1. The summed E-state index contributed by atoms with van der Waals surface area (Å²) in [6.07, 6.45) is -4.38. The van der Waals surface area contributed by atoms with Gasteiger partial charge in [-0.2, -0.15) is 13.2 Å². The Morgan fingerprint density at radius 3 is 2.46 bits per heavy atom. The minimum atomic E-state index is -4.38. The molecule has 0 aromatic heterocycles. The van der Waals surface area contributed by atoms with Gasteiger partial charge in [0.25, 0.3) is 0 Å². The van der Waals surface area contributed by atoms with Crippen LogP contribution in [0.2, 0.25) is 5.02 Å². The molecular weight excluding hydrogens is 361 g/mol. The first kappa shape index (κ1) is 19.8. The molecule has 3 nitrogen and oxygen atoms in total. The molecule has 0 bridgehead atoms. The molecule has 0 spiro atoms. The van der Waals surface area contributed by atoms with E-state index in [2.05, 4.69) is 0 Å². The number of halogens is 4. The van der Waals surface area contributed by atoms with Crippen LogP contribution in [0.3, 0.4) is 0 Å². The average molecular weight is 383 g/mol. The molecule has 0 aliphatic carbocycles. The van der Waals surface area contributed by atoms with Gasteiger partial charge in [-0.1, -0.05) is 30.7 Å². The highest BCUT2D eigenvalue weighted by atomic mass is 35.5. The molecule has 1 atom stereocenters. The monoisotopic (exact) mass is 382 g/mol. The van der Waals surface area contributed by atoms with E-state index >= 15 is 0 Å². The lowest BCUT2D eigenvalue weighted by molar-refractivity contribution is -0.172. The van der Waals surface area contributed by atoms with Crippen LogP contribution in [0.1, 0.15) is 32.4 Å². The molecule has 1 aromatic rings. The summed E-state index contributed by atoms with van der Waals surface area (Å²) < 4.78 is 50.1. The third-order valence-corrected chi connectivity index (χ3v) is 5.18. The molecule has 1 heterocycles. The van der Waals surface area contributed by atoms with Gasteiger partial charge in [-0.3, -0.25) is 0 Å². The maximum absolute atomic E-state index is 13.7. The average Bonchev–Trinajstić information content (AvgIpc) is 2.46. The lowest BCUT2D eigenvalue weighted by atomic mass is 10.1. The lowest BCUT2D eigenvalue weighted by Crippen LogP contribution is -2.47. The maximum Gasteiger partial charge on any atom is 0.409 e. The molecule has 136 valence electrons. The van der Waals surface area contributed by atoms with Crippen molar-refractivity contribution in [2.45, 2.75) is 38.6 Å². The molecule has 1 fully saturated rings. The molecule has 0 radical (unpaired) electrons. The first-order chi connectivity index (χ1) is 11.1. The van der Waals surface area contributed by atoms with Crippen molar-refractivity contribution in [3.63, 3.8) is 0 Å². The highest BCUT2D eigenvalue weighted by Gasteiger charge is 2.45. The fraction of sp³-hybridized carbons (Fsp3) is 0.625. The number of hydrogen-bond donors (Lipinski definition) is 0. The molecule has 0 saturated carbocycles. The van der Waals surface area contributed by atoms with Gasteiger partial charge >= 0.3 is 6.18 Å². The lowest BCUT2D eigenvalue weighted by Gasteiger charge is -2.41. The van der Waals surface area contributed by atoms with Gasteiger partial charge in [0.1, 0.15) is 6.04 Å². The number of hydrogen-bond acceptors (Lipinski definition) is 4. The van der Waals surface area contributed by atoms with Gasteiger partial charge in [0, 0.05) is 36.8 Å². The standard InChI is InChI=1S/C16H22ClF3N2OS/c1-4-22(24-21-9-10-23-15(2,3)11-21)14(16(18,19)20)12-5-7-13(17)8-6-12/h5-8,14H,4,9-11H2,1-3H3. The van der Waals surface area contributed by atoms with Crippen molar-refractivity contribution in [1.82, 2.24) is 8.61 Å². The van der Waals surface area contributed by atoms with Crippen molar-refractivity contribution in [1.29, 1.82) is 0 Å². The Morgan fingerprint density at radius 1 is 1.33 bits per heavy atom. The predicted octanol–water partition coefficient (Wildman–Crippen LogP) is 4.94. The summed E-state index contributed by atoms with van der Waals surface area (Å²) >= 11 is 6.94. The topological polar surface area (TPSA) is 15.7 Å². The van der Waals surface area contributed by atoms with Crippen LogP contribution < -0.4 is 0 Å². The molecule has 2 rings (SSSR count). The second-order valence-electron chi connectivity index (χ2n) is 6.28. The molecule has 1 aliphatic rings. The normalized spacial score (nSPS) is 20.3. The smallest absolute Gasteiger partial charge is 0.373 e. The van der Waals surface area contributed by atoms with Gasteiger partial charge in [-0.15, -0.1) is 0 Å². The Morgan fingerprint density at radius 2 is 1.96 bits per heavy atom. The molecule has 1 aliphatic heterocycles. The van der Waals surface area contributed by atoms with Gasteiger partial charge in [0.2, 0.25) is 0 Å². The van der Waals surface area contributed by atoms with Crippen LogP contribution in [0.25, 0.3) is 0 Å². The molecule has 1 unspecified atom stereocenters. The summed E-state index contributed by atoms with van der Waals surface area (Å²) in [6, 6.07) is 4.17. The van der Waals surface area contributed by atoms with Crippen LogP contribution in [-0.4, -0.2) is 46.6 Å². The zero-order valence-electron chi connectivity index (χ0n) is 13.9. The third-order valence-electron chi connectivity index (χ3n) is 3.71. The summed E-state index contributed by atoms with van der Waals surface area (Å²) in [5.74, 6) is 0. The summed E-state index contributed by atoms with van der Waals surface area (Å²) in [4.78, 5) is 0. The van der Waals surface area contributed by atoms with E-state index in [0.717, 1.165) is 12.1 Å². The van der Waals surface area contributed by atoms with E-state index in [1.54, 1.807) is 6.92 Å². The first-order valence-electron chi connectivity index (χ1n) is 7.78. The van der Waals surface area contributed by atoms with E-state index < -0.39 is 12.2 Å². The Balaban J connectivity index is 2.21. The molecule has 8 heteroatoms. The highest BCUT2D eigenvalue weighted by Crippen LogP contribution is 2.42. The van der Waals surface area contributed by atoms with E-state index in [1.807, 2.05) is 18.2 Å². The predicted molar refractivity (Wildman–Crippen MR) is 91.8 cm³/mol. The van der Waals surface area contributed by atoms with Gasteiger partial charge in [-0.05, 0) is 31.5 Å². The van der Waals surface area contributed by atoms with Crippen LogP contribution in [0.5, 0.6) is 0 Å². The minimum Gasteiger partial charge on any atom is -0.373 e. The number of nitrogens with zero attached hydrogens (tertiary/aromatic N) is 2. The molecule has 1 saturated heterocycles. The Hall–Kier alpha value is -0.470. The van der Waals surface area contributed by atoms with Crippen LogP contribution in [-0.2, 0) is 4.74 Å². The largest absolute Gasteiger partial charge is 0.409 e. The van der Waals surface area contributed by atoms with Gasteiger partial charge in [0.15, 0.2) is 0 Å². The third kappa shape index (κ3) is 5.26. The fourth-order valence-electron chi connectivity index (χ4n) is 2.64. The molecule has 1 aromatic carbocycles. The van der Waals surface area contributed by atoms with Crippen molar-refractivity contribution >= 4 is 23.7 Å². The summed E-state index contributed by atoms with van der Waals surface area (Å²) in [5, 5.41) is 0.422. The molecule has 0 amide bonds. The minimum absolute atomic E-state index is 0.189. The summed E-state index contributed by atoms with van der Waals surface area (Å²) in [6.45, 7) is 7.54. The van der Waals surface area contributed by atoms with E-state index in [1.165, 1.54) is 28.6 Å². The van der Waals surface area contributed by atoms with Crippen molar-refractivity contribution in [3.8, 4) is 0 Å². The Bertz CT molecular complexity index is 539. The maximum atomic E-state index is 13.7. The van der Waals surface area contributed by atoms with Crippen molar-refractivity contribution in [2.75, 3.05) is 26.2 Å². The van der Waals surface area contributed by atoms with Crippen molar-refractivity contribution < 1.29 is 17.9 Å². The number of alkyl halides is 3. The second kappa shape index (κ2) is 7.83. The van der Waals surface area contributed by atoms with Crippen LogP contribution in [0, 0.1) is 0 Å². The van der Waals surface area contributed by atoms with Crippen LogP contribution in [0.15, 0.2) is 24.3 Å². The number of morpholine rings is 1. The van der Waals surface area contributed by atoms with E-state index in [4.69, 9.17) is 16.3 Å². The van der Waals surface area contributed by atoms with E-state index in [9.17, 15) is 13.2 Å². The van der Waals surface area contributed by atoms with Crippen LogP contribution in [0.4, 0.5) is 13.2 Å². The molecule has 24 heavy (non-hydrogen) atoms. The van der Waals surface area contributed by atoms with E-state index in [-0.39, 0.29) is 17.7 Å². The highest BCUT2D eigenvalue weighted by molar-refractivity contribution is 7.94. The van der Waals surface area contributed by atoms with E-state index in [0.29, 0.717) is 24.7 Å². The number of rotatable bonds is 5. The van der Waals surface area contributed by atoms with Gasteiger partial charge in [-0.25, -0.2) is 8.61 Å². The molecule has 0 N–H and O–H groups in total. The first-order valence-corrected chi connectivity index (χ1v) is 8.89. The Labute approximate surface area is 150 Å².